The third-order valence-corrected chi connectivity index (χ3v) is 4.17. The summed E-state index contributed by atoms with van der Waals surface area (Å²) >= 11 is 7.07. The second-order valence-electron chi connectivity index (χ2n) is 3.92. The Morgan fingerprint density at radius 2 is 2.16 bits per heavy atom. The van der Waals surface area contributed by atoms with Gasteiger partial charge in [0.1, 0.15) is 16.7 Å². The molecule has 4 nitrogen and oxygen atoms in total. The lowest BCUT2D eigenvalue weighted by atomic mass is 10.2. The van der Waals surface area contributed by atoms with Gasteiger partial charge in [-0.1, -0.05) is 11.6 Å². The van der Waals surface area contributed by atoms with Crippen molar-refractivity contribution in [2.75, 3.05) is 0 Å². The van der Waals surface area contributed by atoms with Crippen LogP contribution in [0.15, 0.2) is 18.2 Å². The summed E-state index contributed by atoms with van der Waals surface area (Å²) in [6.45, 7) is 1.35. The molecule has 100 valence electrons. The van der Waals surface area contributed by atoms with E-state index in [9.17, 15) is 14.0 Å². The summed E-state index contributed by atoms with van der Waals surface area (Å²) in [6.07, 6.45) is 0. The molecule has 2 rings (SSSR count). The van der Waals surface area contributed by atoms with Crippen molar-refractivity contribution in [1.29, 1.82) is 0 Å². The van der Waals surface area contributed by atoms with Crippen LogP contribution in [0.5, 0.6) is 0 Å². The van der Waals surface area contributed by atoms with Crippen molar-refractivity contribution in [3.05, 3.63) is 33.9 Å². The zero-order valence-electron chi connectivity index (χ0n) is 9.74. The maximum Gasteiger partial charge on any atom is 0.325 e. The summed E-state index contributed by atoms with van der Waals surface area (Å²) in [5.74, 6) is -2.14. The van der Waals surface area contributed by atoms with Gasteiger partial charge in [0.15, 0.2) is 0 Å². The minimum absolute atomic E-state index is 0.176. The summed E-state index contributed by atoms with van der Waals surface area (Å²) in [7, 11) is 0. The Morgan fingerprint density at radius 3 is 2.79 bits per heavy atom. The van der Waals surface area contributed by atoms with E-state index in [1.807, 2.05) is 0 Å². The van der Waals surface area contributed by atoms with E-state index in [1.165, 1.54) is 25.1 Å². The summed E-state index contributed by atoms with van der Waals surface area (Å²) in [5, 5.41) is 11.8. The number of aliphatic carboxylic acids is 1. The van der Waals surface area contributed by atoms with E-state index in [2.05, 4.69) is 5.32 Å². The van der Waals surface area contributed by atoms with Gasteiger partial charge in [-0.05, 0) is 25.1 Å². The van der Waals surface area contributed by atoms with Gasteiger partial charge in [-0.3, -0.25) is 9.59 Å². The number of nitrogens with one attached hydrogen (secondary N) is 1. The van der Waals surface area contributed by atoms with E-state index in [0.717, 1.165) is 11.3 Å². The zero-order valence-corrected chi connectivity index (χ0v) is 11.3. The summed E-state index contributed by atoms with van der Waals surface area (Å²) in [5.41, 5.74) is 0. The topological polar surface area (TPSA) is 66.4 Å². The molecular formula is C12H9ClFNO3S. The lowest BCUT2D eigenvalue weighted by Crippen LogP contribution is -2.38. The molecule has 0 spiro atoms. The molecule has 2 aromatic rings. The number of hydrogen-bond acceptors (Lipinski definition) is 3. The highest BCUT2D eigenvalue weighted by atomic mass is 35.5. The van der Waals surface area contributed by atoms with Gasteiger partial charge < -0.3 is 10.4 Å². The molecule has 1 aromatic heterocycles. The van der Waals surface area contributed by atoms with E-state index in [0.29, 0.717) is 10.1 Å². The highest BCUT2D eigenvalue weighted by Gasteiger charge is 2.21. The number of fused-ring (bicyclic) bond motifs is 1. The van der Waals surface area contributed by atoms with Crippen LogP contribution in [-0.4, -0.2) is 23.0 Å². The number of carbonyl (C=O) groups is 2. The Bertz CT molecular complexity index is 670. The van der Waals surface area contributed by atoms with Crippen molar-refractivity contribution in [1.82, 2.24) is 5.32 Å². The summed E-state index contributed by atoms with van der Waals surface area (Å²) in [4.78, 5) is 22.7. The standard InChI is InChI=1S/C12H9ClFNO3S/c1-5(12(17)18)15-11(16)10-9(13)7-3-2-6(14)4-8(7)19-10/h2-5H,1H3,(H,15,16)(H,17,18)/t5-/m0/s1. The van der Waals surface area contributed by atoms with Gasteiger partial charge in [-0.25, -0.2) is 4.39 Å². The average Bonchev–Trinajstić information content (AvgIpc) is 2.66. The smallest absolute Gasteiger partial charge is 0.325 e. The highest BCUT2D eigenvalue weighted by Crippen LogP contribution is 2.35. The lowest BCUT2D eigenvalue weighted by Gasteiger charge is -2.07. The molecule has 0 unspecified atom stereocenters. The predicted octanol–water partition coefficient (Wildman–Crippen LogP) is 2.90. The number of carboxylic acids is 1. The quantitative estimate of drug-likeness (QED) is 0.916. The van der Waals surface area contributed by atoms with Crippen LogP contribution in [0, 0.1) is 5.82 Å². The van der Waals surface area contributed by atoms with Crippen LogP contribution in [0.3, 0.4) is 0 Å². The first-order valence-electron chi connectivity index (χ1n) is 5.31. The van der Waals surface area contributed by atoms with Gasteiger partial charge >= 0.3 is 5.97 Å². The van der Waals surface area contributed by atoms with Crippen LogP contribution in [0.25, 0.3) is 10.1 Å². The fraction of sp³-hybridized carbons (Fsp3) is 0.167. The van der Waals surface area contributed by atoms with Crippen LogP contribution in [0.2, 0.25) is 5.02 Å². The SMILES string of the molecule is C[C@H](NC(=O)c1sc2cc(F)ccc2c1Cl)C(=O)O. The lowest BCUT2D eigenvalue weighted by molar-refractivity contribution is -0.138. The van der Waals surface area contributed by atoms with Gasteiger partial charge in [0.05, 0.1) is 5.02 Å². The van der Waals surface area contributed by atoms with Crippen molar-refractivity contribution < 1.29 is 19.1 Å². The molecule has 0 saturated carbocycles. The first-order chi connectivity index (χ1) is 8.90. The molecule has 7 heteroatoms. The first kappa shape index (κ1) is 13.8. The number of carboxylic acid groups (broad SMARTS) is 1. The third-order valence-electron chi connectivity index (χ3n) is 2.52. The predicted molar refractivity (Wildman–Crippen MR) is 71.4 cm³/mol. The Kier molecular flexibility index (Phi) is 3.73. The van der Waals surface area contributed by atoms with Crippen molar-refractivity contribution in [2.24, 2.45) is 0 Å². The molecule has 2 N–H and O–H groups in total. The van der Waals surface area contributed by atoms with Gasteiger partial charge in [-0.2, -0.15) is 0 Å². The number of thiophene rings is 1. The van der Waals surface area contributed by atoms with Crippen molar-refractivity contribution >= 4 is 44.9 Å². The van der Waals surface area contributed by atoms with Crippen molar-refractivity contribution in [3.8, 4) is 0 Å². The van der Waals surface area contributed by atoms with Crippen LogP contribution in [-0.2, 0) is 4.79 Å². The number of halogens is 2. The normalized spacial score (nSPS) is 12.4. The molecule has 0 fully saturated rings. The average molecular weight is 302 g/mol. The largest absolute Gasteiger partial charge is 0.480 e. The van der Waals surface area contributed by atoms with Crippen LogP contribution >= 0.6 is 22.9 Å². The molecule has 0 aliphatic heterocycles. The van der Waals surface area contributed by atoms with E-state index >= 15 is 0 Å². The number of carbonyl (C=O) groups excluding carboxylic acids is 1. The van der Waals surface area contributed by atoms with E-state index in [1.54, 1.807) is 0 Å². The maximum absolute atomic E-state index is 13.1. The number of hydrogen-bond donors (Lipinski definition) is 2. The van der Waals surface area contributed by atoms with Crippen molar-refractivity contribution in [2.45, 2.75) is 13.0 Å². The molecule has 0 aliphatic rings. The highest BCUT2D eigenvalue weighted by molar-refractivity contribution is 7.21. The molecule has 0 saturated heterocycles. The Labute approximate surface area is 116 Å². The molecule has 0 bridgehead atoms. The number of amides is 1. The Morgan fingerprint density at radius 1 is 1.47 bits per heavy atom. The van der Waals surface area contributed by atoms with Crippen LogP contribution in [0.4, 0.5) is 4.39 Å². The second-order valence-corrected chi connectivity index (χ2v) is 5.35. The van der Waals surface area contributed by atoms with Crippen molar-refractivity contribution in [3.63, 3.8) is 0 Å². The minimum Gasteiger partial charge on any atom is -0.480 e. The molecule has 0 aliphatic carbocycles. The van der Waals surface area contributed by atoms with E-state index in [-0.39, 0.29) is 9.90 Å². The van der Waals surface area contributed by atoms with Crippen LogP contribution in [0.1, 0.15) is 16.6 Å². The van der Waals surface area contributed by atoms with Gasteiger partial charge in [0.25, 0.3) is 5.91 Å². The number of rotatable bonds is 3. The molecule has 1 amide bonds. The molecule has 1 aromatic carbocycles. The summed E-state index contributed by atoms with van der Waals surface area (Å²) < 4.78 is 13.6. The first-order valence-corrected chi connectivity index (χ1v) is 6.51. The maximum atomic E-state index is 13.1. The van der Waals surface area contributed by atoms with E-state index < -0.39 is 23.7 Å². The fourth-order valence-electron chi connectivity index (χ4n) is 1.51. The van der Waals surface area contributed by atoms with Crippen LogP contribution < -0.4 is 5.32 Å². The molecule has 19 heavy (non-hydrogen) atoms. The molecular weight excluding hydrogens is 293 g/mol. The molecule has 1 heterocycles. The van der Waals surface area contributed by atoms with Gasteiger partial charge in [-0.15, -0.1) is 11.3 Å². The fourth-order valence-corrected chi connectivity index (χ4v) is 2.95. The third kappa shape index (κ3) is 2.69. The van der Waals surface area contributed by atoms with Gasteiger partial charge in [0, 0.05) is 10.1 Å². The second kappa shape index (κ2) is 5.14. The zero-order chi connectivity index (χ0) is 14.2. The number of benzene rings is 1. The van der Waals surface area contributed by atoms with Gasteiger partial charge in [0.2, 0.25) is 0 Å². The van der Waals surface area contributed by atoms with E-state index in [4.69, 9.17) is 16.7 Å². The summed E-state index contributed by atoms with van der Waals surface area (Å²) in [6, 6.07) is 3.00. The molecule has 1 atom stereocenters. The monoisotopic (exact) mass is 301 g/mol. The Balaban J connectivity index is 2.37. The minimum atomic E-state index is -1.14. The molecule has 0 radical (unpaired) electrons. The Hall–Kier alpha value is -1.66.